The fraction of sp³-hybridized carbons (Fsp3) is 0.630. The van der Waals surface area contributed by atoms with Gasteiger partial charge in [-0.1, -0.05) is 71.2 Å². The Hall–Kier alpha value is -0.420. The Balaban J connectivity index is 2.63. The van der Waals surface area contributed by atoms with Crippen LogP contribution in [0.2, 0.25) is 0 Å². The summed E-state index contributed by atoms with van der Waals surface area (Å²) in [6, 6.07) is 8.78. The van der Waals surface area contributed by atoms with Crippen LogP contribution in [0.15, 0.2) is 29.6 Å². The number of hydrogen-bond acceptors (Lipinski definition) is 2. The summed E-state index contributed by atoms with van der Waals surface area (Å²) in [5, 5.41) is 6.04. The smallest absolute Gasteiger partial charge is 0.118 e. The molecule has 0 radical (unpaired) electrons. The van der Waals surface area contributed by atoms with Gasteiger partial charge in [0, 0.05) is 10.2 Å². The van der Waals surface area contributed by atoms with Crippen LogP contribution < -0.4 is 15.3 Å². The molecular weight excluding hydrogens is 434 g/mol. The first-order valence-electron chi connectivity index (χ1n) is 11.9. The van der Waals surface area contributed by atoms with E-state index < -0.39 is 0 Å². The molecule has 0 aliphatic rings. The second kappa shape index (κ2) is 12.7. The minimum Gasteiger partial charge on any atom is -0.497 e. The molecule has 0 N–H and O–H groups in total. The van der Waals surface area contributed by atoms with Crippen molar-refractivity contribution in [1.29, 1.82) is 0 Å². The average Bonchev–Trinajstić information content (AvgIpc) is 3.10. The van der Waals surface area contributed by atoms with Gasteiger partial charge in [-0.05, 0) is 88.8 Å². The van der Waals surface area contributed by atoms with Gasteiger partial charge in [-0.15, -0.1) is 11.3 Å². The highest BCUT2D eigenvalue weighted by Gasteiger charge is 2.28. The fourth-order valence-corrected chi connectivity index (χ4v) is 13.1. The van der Waals surface area contributed by atoms with Crippen LogP contribution in [0.1, 0.15) is 55.4 Å². The predicted molar refractivity (Wildman–Crippen MR) is 148 cm³/mol. The number of benzene rings is 1. The van der Waals surface area contributed by atoms with Gasteiger partial charge in [0.2, 0.25) is 0 Å². The van der Waals surface area contributed by atoms with Gasteiger partial charge < -0.3 is 4.74 Å². The molecule has 1 aromatic heterocycles. The number of ether oxygens (including phenoxy) is 1. The number of rotatable bonds is 12. The molecule has 0 atom stereocenters. The van der Waals surface area contributed by atoms with E-state index in [2.05, 4.69) is 85.0 Å². The van der Waals surface area contributed by atoms with E-state index in [1.165, 1.54) is 35.1 Å². The van der Waals surface area contributed by atoms with Gasteiger partial charge in [-0.25, -0.2) is 0 Å². The van der Waals surface area contributed by atoms with Crippen LogP contribution in [-0.2, 0) is 0 Å². The van der Waals surface area contributed by atoms with E-state index in [4.69, 9.17) is 4.74 Å². The van der Waals surface area contributed by atoms with Gasteiger partial charge in [-0.3, -0.25) is 0 Å². The van der Waals surface area contributed by atoms with Gasteiger partial charge in [0.25, 0.3) is 0 Å². The normalized spacial score (nSPS) is 12.4. The van der Waals surface area contributed by atoms with Crippen LogP contribution in [0.3, 0.4) is 0 Å². The molecule has 0 saturated carbocycles. The van der Waals surface area contributed by atoms with E-state index in [9.17, 15) is 0 Å². The Morgan fingerprint density at radius 2 is 1.16 bits per heavy atom. The van der Waals surface area contributed by atoms with Crippen LogP contribution in [0.25, 0.3) is 10.4 Å². The zero-order valence-electron chi connectivity index (χ0n) is 21.2. The molecule has 1 aromatic carbocycles. The molecule has 1 heterocycles. The zero-order valence-corrected chi connectivity index (χ0v) is 23.8. The summed E-state index contributed by atoms with van der Waals surface area (Å²) in [6.07, 6.45) is 5.39. The highest BCUT2D eigenvalue weighted by molar-refractivity contribution is 7.73. The lowest BCUT2D eigenvalue weighted by Gasteiger charge is -2.29. The summed E-state index contributed by atoms with van der Waals surface area (Å²) in [4.78, 5) is 1.53. The monoisotopic (exact) mass is 478 g/mol. The Bertz CT molecular complexity index is 757. The molecule has 0 aliphatic heterocycles. The lowest BCUT2D eigenvalue weighted by molar-refractivity contribution is 0.415. The number of hydrogen-bond donors (Lipinski definition) is 0. The average molecular weight is 479 g/mol. The highest BCUT2D eigenvalue weighted by atomic mass is 32.1. The van der Waals surface area contributed by atoms with Crippen molar-refractivity contribution in [2.24, 2.45) is 23.7 Å². The van der Waals surface area contributed by atoms with Crippen molar-refractivity contribution in [3.8, 4) is 16.2 Å². The highest BCUT2D eigenvalue weighted by Crippen LogP contribution is 2.48. The molecule has 0 bridgehead atoms. The first-order chi connectivity index (χ1) is 14.6. The SMILES string of the molecule is COc1ccc(-c2scc(P(CC(C)C)CC(C)C)c2P(CC(C)C)CC(C)C)cc1. The van der Waals surface area contributed by atoms with Crippen LogP contribution >= 0.6 is 27.2 Å². The molecule has 0 fully saturated rings. The third kappa shape index (κ3) is 8.14. The Morgan fingerprint density at radius 1 is 0.710 bits per heavy atom. The summed E-state index contributed by atoms with van der Waals surface area (Å²) < 4.78 is 5.43. The lowest BCUT2D eigenvalue weighted by Crippen LogP contribution is -2.27. The Kier molecular flexibility index (Phi) is 11.0. The van der Waals surface area contributed by atoms with E-state index in [1.54, 1.807) is 17.7 Å². The summed E-state index contributed by atoms with van der Waals surface area (Å²) in [5.41, 5.74) is 1.37. The van der Waals surface area contributed by atoms with E-state index in [-0.39, 0.29) is 15.8 Å². The predicted octanol–water partition coefficient (Wildman–Crippen LogP) is 8.26. The van der Waals surface area contributed by atoms with Crippen molar-refractivity contribution < 1.29 is 4.74 Å². The standard InChI is InChI=1S/C27H44OP2S/c1-19(2)14-29(15-20(3)4)25-18-31-27(23-10-12-24(28-9)13-11-23)26(25)30(16-21(5)6)17-22(7)8/h10-13,18-22H,14-17H2,1-9H3. The Labute approximate surface area is 198 Å². The van der Waals surface area contributed by atoms with E-state index in [1.807, 2.05) is 11.3 Å². The van der Waals surface area contributed by atoms with Gasteiger partial charge >= 0.3 is 0 Å². The fourth-order valence-electron chi connectivity index (χ4n) is 4.11. The van der Waals surface area contributed by atoms with Crippen LogP contribution in [0.4, 0.5) is 0 Å². The van der Waals surface area contributed by atoms with Crippen LogP contribution in [0, 0.1) is 23.7 Å². The molecule has 174 valence electrons. The van der Waals surface area contributed by atoms with Crippen molar-refractivity contribution in [3.05, 3.63) is 29.6 Å². The van der Waals surface area contributed by atoms with Gasteiger partial charge in [-0.2, -0.15) is 0 Å². The molecule has 0 aliphatic carbocycles. The van der Waals surface area contributed by atoms with Crippen molar-refractivity contribution in [2.45, 2.75) is 55.4 Å². The largest absolute Gasteiger partial charge is 0.497 e. The van der Waals surface area contributed by atoms with E-state index >= 15 is 0 Å². The van der Waals surface area contributed by atoms with Crippen molar-refractivity contribution in [2.75, 3.05) is 31.8 Å². The molecule has 0 saturated heterocycles. The summed E-state index contributed by atoms with van der Waals surface area (Å²) in [7, 11) is 1.47. The van der Waals surface area contributed by atoms with E-state index in [0.717, 1.165) is 29.4 Å². The first kappa shape index (κ1) is 26.8. The number of thiophene rings is 1. The molecule has 2 rings (SSSR count). The van der Waals surface area contributed by atoms with Crippen molar-refractivity contribution >= 4 is 37.8 Å². The number of methoxy groups -OCH3 is 1. The maximum Gasteiger partial charge on any atom is 0.118 e. The summed E-state index contributed by atoms with van der Waals surface area (Å²) in [5.74, 6) is 3.92. The maximum absolute atomic E-state index is 5.43. The molecule has 2 aromatic rings. The molecular formula is C27H44OP2S. The minimum atomic E-state index is -0.161. The molecule has 4 heteroatoms. The van der Waals surface area contributed by atoms with E-state index in [0.29, 0.717) is 0 Å². The van der Waals surface area contributed by atoms with Crippen LogP contribution in [-0.4, -0.2) is 31.8 Å². The zero-order chi connectivity index (χ0) is 23.1. The summed E-state index contributed by atoms with van der Waals surface area (Å²) >= 11 is 2.00. The molecule has 31 heavy (non-hydrogen) atoms. The second-order valence-corrected chi connectivity index (χ2v) is 15.8. The van der Waals surface area contributed by atoms with Gasteiger partial charge in [0.1, 0.15) is 5.75 Å². The molecule has 0 amide bonds. The quantitative estimate of drug-likeness (QED) is 0.279. The minimum absolute atomic E-state index is 0.115. The lowest BCUT2D eigenvalue weighted by atomic mass is 10.2. The van der Waals surface area contributed by atoms with Crippen molar-refractivity contribution in [3.63, 3.8) is 0 Å². The summed E-state index contributed by atoms with van der Waals surface area (Å²) in [6.45, 7) is 19.2. The maximum atomic E-state index is 5.43. The van der Waals surface area contributed by atoms with Crippen molar-refractivity contribution in [1.82, 2.24) is 0 Å². The second-order valence-electron chi connectivity index (χ2n) is 10.4. The third-order valence-electron chi connectivity index (χ3n) is 5.10. The van der Waals surface area contributed by atoms with Gasteiger partial charge in [0.05, 0.1) is 7.11 Å². The Morgan fingerprint density at radius 3 is 1.58 bits per heavy atom. The van der Waals surface area contributed by atoms with Gasteiger partial charge in [0.15, 0.2) is 0 Å². The molecule has 0 unspecified atom stereocenters. The molecule has 1 nitrogen and oxygen atoms in total. The topological polar surface area (TPSA) is 9.23 Å². The van der Waals surface area contributed by atoms with Crippen LogP contribution in [0.5, 0.6) is 5.75 Å². The molecule has 0 spiro atoms. The first-order valence-corrected chi connectivity index (χ1v) is 16.2. The third-order valence-corrected chi connectivity index (χ3v) is 13.4.